The van der Waals surface area contributed by atoms with Gasteiger partial charge in [0, 0.05) is 10.3 Å². The summed E-state index contributed by atoms with van der Waals surface area (Å²) in [6, 6.07) is 8.43. The van der Waals surface area contributed by atoms with Crippen molar-refractivity contribution in [2.75, 3.05) is 13.7 Å². The van der Waals surface area contributed by atoms with Crippen LogP contribution < -0.4 is 4.74 Å². The molecule has 1 unspecified atom stereocenters. The third-order valence-electron chi connectivity index (χ3n) is 6.09. The van der Waals surface area contributed by atoms with Gasteiger partial charge in [-0.2, -0.15) is 0 Å². The minimum atomic E-state index is -0.534. The predicted octanol–water partition coefficient (Wildman–Crippen LogP) is 6.04. The van der Waals surface area contributed by atoms with E-state index in [2.05, 4.69) is 32.0 Å². The SMILES string of the molecule is CCC(CC)(c1ccc(OCC(O)C(C)(C)C)c(C)c1)c1cc(C)c(C(=O)OC)s1. The Morgan fingerprint density at radius 3 is 2.23 bits per heavy atom. The number of benzene rings is 1. The number of carbonyl (C=O) groups is 1. The van der Waals surface area contributed by atoms with Gasteiger partial charge in [0.2, 0.25) is 0 Å². The molecule has 0 aliphatic carbocycles. The van der Waals surface area contributed by atoms with Crippen LogP contribution in [0.1, 0.15) is 78.7 Å². The molecule has 1 aromatic heterocycles. The van der Waals surface area contributed by atoms with Crippen LogP contribution in [0.15, 0.2) is 24.3 Å². The van der Waals surface area contributed by atoms with Crippen molar-refractivity contribution in [2.45, 2.75) is 72.8 Å². The summed E-state index contributed by atoms with van der Waals surface area (Å²) in [7, 11) is 1.42. The van der Waals surface area contributed by atoms with E-state index in [4.69, 9.17) is 9.47 Å². The normalized spacial score (nSPS) is 13.2. The first-order valence-electron chi connectivity index (χ1n) is 10.6. The molecule has 1 aromatic carbocycles. The molecule has 1 atom stereocenters. The van der Waals surface area contributed by atoms with Crippen molar-refractivity contribution in [1.82, 2.24) is 0 Å². The molecule has 30 heavy (non-hydrogen) atoms. The lowest BCUT2D eigenvalue weighted by Crippen LogP contribution is -2.32. The molecular weight excluding hydrogens is 396 g/mol. The van der Waals surface area contributed by atoms with Crippen molar-refractivity contribution in [3.8, 4) is 5.75 Å². The predicted molar refractivity (Wildman–Crippen MR) is 124 cm³/mol. The molecule has 0 aliphatic rings. The smallest absolute Gasteiger partial charge is 0.348 e. The van der Waals surface area contributed by atoms with Gasteiger partial charge in [-0.05, 0) is 60.9 Å². The fraction of sp³-hybridized carbons (Fsp3) is 0.560. The van der Waals surface area contributed by atoms with Crippen LogP contribution in [0.5, 0.6) is 5.75 Å². The Balaban J connectivity index is 2.39. The van der Waals surface area contributed by atoms with E-state index in [9.17, 15) is 9.90 Å². The third kappa shape index (κ3) is 4.89. The Bertz CT molecular complexity index is 872. The summed E-state index contributed by atoms with van der Waals surface area (Å²) in [6.45, 7) is 14.6. The lowest BCUT2D eigenvalue weighted by molar-refractivity contribution is 0.0216. The summed E-state index contributed by atoms with van der Waals surface area (Å²) in [5.41, 5.74) is 2.83. The highest BCUT2D eigenvalue weighted by Gasteiger charge is 2.34. The number of thiophene rings is 1. The van der Waals surface area contributed by atoms with Gasteiger partial charge in [-0.1, -0.05) is 46.8 Å². The zero-order chi connectivity index (χ0) is 22.7. The molecule has 0 spiro atoms. The molecule has 0 bridgehead atoms. The summed E-state index contributed by atoms with van der Waals surface area (Å²) >= 11 is 1.53. The van der Waals surface area contributed by atoms with Crippen molar-refractivity contribution >= 4 is 17.3 Å². The first kappa shape index (κ1) is 24.4. The number of hydrogen-bond acceptors (Lipinski definition) is 5. The van der Waals surface area contributed by atoms with Crippen molar-refractivity contribution in [1.29, 1.82) is 0 Å². The van der Waals surface area contributed by atoms with Crippen LogP contribution in [-0.4, -0.2) is 30.9 Å². The van der Waals surface area contributed by atoms with E-state index < -0.39 is 6.10 Å². The number of methoxy groups -OCH3 is 1. The number of aryl methyl sites for hydroxylation is 2. The first-order chi connectivity index (χ1) is 14.0. The average Bonchev–Trinajstić information content (AvgIpc) is 3.09. The first-order valence-corrected chi connectivity index (χ1v) is 11.4. The number of rotatable bonds is 8. The molecule has 2 aromatic rings. The van der Waals surface area contributed by atoms with Gasteiger partial charge in [0.15, 0.2) is 0 Å². The van der Waals surface area contributed by atoms with Gasteiger partial charge in [-0.15, -0.1) is 11.3 Å². The van der Waals surface area contributed by atoms with Gasteiger partial charge in [-0.25, -0.2) is 4.79 Å². The average molecular weight is 433 g/mol. The molecule has 166 valence electrons. The van der Waals surface area contributed by atoms with Crippen molar-refractivity contribution in [3.05, 3.63) is 50.7 Å². The summed E-state index contributed by atoms with van der Waals surface area (Å²) in [6.07, 6.45) is 1.31. The number of carbonyl (C=O) groups excluding carboxylic acids is 1. The molecule has 4 nitrogen and oxygen atoms in total. The quantitative estimate of drug-likeness (QED) is 0.516. The maximum atomic E-state index is 12.1. The van der Waals surface area contributed by atoms with E-state index >= 15 is 0 Å². The van der Waals surface area contributed by atoms with Crippen LogP contribution in [0.4, 0.5) is 0 Å². The maximum Gasteiger partial charge on any atom is 0.348 e. The molecule has 0 saturated heterocycles. The molecule has 1 heterocycles. The minimum Gasteiger partial charge on any atom is -0.491 e. The molecule has 5 heteroatoms. The second-order valence-electron chi connectivity index (χ2n) is 9.08. The molecule has 1 N–H and O–H groups in total. The van der Waals surface area contributed by atoms with Gasteiger partial charge in [0.1, 0.15) is 17.2 Å². The molecule has 0 aliphatic heterocycles. The van der Waals surface area contributed by atoms with Crippen LogP contribution in [-0.2, 0) is 10.2 Å². The Hall–Kier alpha value is -1.85. The van der Waals surface area contributed by atoms with Crippen LogP contribution >= 0.6 is 11.3 Å². The van der Waals surface area contributed by atoms with Crippen molar-refractivity contribution in [2.24, 2.45) is 5.41 Å². The van der Waals surface area contributed by atoms with Crippen LogP contribution in [0.25, 0.3) is 0 Å². The van der Waals surface area contributed by atoms with Crippen LogP contribution in [0.2, 0.25) is 0 Å². The van der Waals surface area contributed by atoms with Crippen LogP contribution in [0, 0.1) is 19.3 Å². The van der Waals surface area contributed by atoms with Gasteiger partial charge < -0.3 is 14.6 Å². The highest BCUT2D eigenvalue weighted by molar-refractivity contribution is 7.14. The Kier molecular flexibility index (Phi) is 7.75. The lowest BCUT2D eigenvalue weighted by Gasteiger charge is -2.32. The number of ether oxygens (including phenoxy) is 2. The monoisotopic (exact) mass is 432 g/mol. The molecule has 0 fully saturated rings. The van der Waals surface area contributed by atoms with Gasteiger partial charge in [-0.3, -0.25) is 0 Å². The highest BCUT2D eigenvalue weighted by Crippen LogP contribution is 2.44. The van der Waals surface area contributed by atoms with Gasteiger partial charge in [0.05, 0.1) is 13.2 Å². The molecular formula is C25H36O4S. The summed E-state index contributed by atoms with van der Waals surface area (Å²) in [5.74, 6) is 0.517. The standard InChI is InChI=1S/C25H36O4S/c1-9-25(10-2,21-14-17(4)22(30-21)23(27)28-8)18-11-12-19(16(3)13-18)29-15-20(26)24(5,6)7/h11-14,20,26H,9-10,15H2,1-8H3. The second kappa shape index (κ2) is 9.52. The Labute approximate surface area is 185 Å². The molecule has 0 radical (unpaired) electrons. The van der Waals surface area contributed by atoms with Gasteiger partial charge >= 0.3 is 5.97 Å². The number of aliphatic hydroxyl groups excluding tert-OH is 1. The topological polar surface area (TPSA) is 55.8 Å². The number of esters is 1. The van der Waals surface area contributed by atoms with E-state index in [1.165, 1.54) is 28.9 Å². The molecule has 0 saturated carbocycles. The molecule has 2 rings (SSSR count). The Morgan fingerprint density at radius 2 is 1.73 bits per heavy atom. The van der Waals surface area contributed by atoms with E-state index in [1.54, 1.807) is 0 Å². The zero-order valence-corrected chi connectivity index (χ0v) is 20.4. The third-order valence-corrected chi connectivity index (χ3v) is 7.51. The van der Waals surface area contributed by atoms with E-state index in [0.717, 1.165) is 29.7 Å². The second-order valence-corrected chi connectivity index (χ2v) is 10.1. The van der Waals surface area contributed by atoms with Crippen molar-refractivity contribution < 1.29 is 19.4 Å². The lowest BCUT2D eigenvalue weighted by atomic mass is 9.74. The largest absolute Gasteiger partial charge is 0.491 e. The Morgan fingerprint density at radius 1 is 1.10 bits per heavy atom. The number of aliphatic hydroxyl groups is 1. The van der Waals surface area contributed by atoms with E-state index in [0.29, 0.717) is 4.88 Å². The molecule has 0 amide bonds. The zero-order valence-electron chi connectivity index (χ0n) is 19.6. The van der Waals surface area contributed by atoms with E-state index in [1.807, 2.05) is 40.7 Å². The summed E-state index contributed by atoms with van der Waals surface area (Å²) < 4.78 is 10.9. The number of hydrogen-bond donors (Lipinski definition) is 1. The summed E-state index contributed by atoms with van der Waals surface area (Å²) in [5, 5.41) is 10.3. The minimum absolute atomic E-state index is 0.171. The van der Waals surface area contributed by atoms with Gasteiger partial charge in [0.25, 0.3) is 0 Å². The van der Waals surface area contributed by atoms with E-state index in [-0.39, 0.29) is 23.4 Å². The fourth-order valence-electron chi connectivity index (χ4n) is 3.69. The fourth-order valence-corrected chi connectivity index (χ4v) is 5.13. The van der Waals surface area contributed by atoms with Crippen molar-refractivity contribution in [3.63, 3.8) is 0 Å². The maximum absolute atomic E-state index is 12.1. The summed E-state index contributed by atoms with van der Waals surface area (Å²) in [4.78, 5) is 14.0. The van der Waals surface area contributed by atoms with Crippen LogP contribution in [0.3, 0.4) is 0 Å². The highest BCUT2D eigenvalue weighted by atomic mass is 32.1.